The number of nitrogens with one attached hydrogen (secondary N) is 1. The van der Waals surface area contributed by atoms with E-state index < -0.39 is 5.97 Å². The van der Waals surface area contributed by atoms with Gasteiger partial charge in [0.15, 0.2) is 6.61 Å². The van der Waals surface area contributed by atoms with Crippen molar-refractivity contribution in [1.82, 2.24) is 0 Å². The number of amides is 1. The number of thiophene rings is 1. The monoisotopic (exact) mass is 382 g/mol. The highest BCUT2D eigenvalue weighted by Crippen LogP contribution is 2.33. The Labute approximate surface area is 163 Å². The quantitative estimate of drug-likeness (QED) is 0.762. The molecule has 1 amide bonds. The Kier molecular flexibility index (Phi) is 6.25. The highest BCUT2D eigenvalue weighted by molar-refractivity contribution is 7.14. The minimum atomic E-state index is -0.443. The van der Waals surface area contributed by atoms with Crippen LogP contribution in [0.2, 0.25) is 0 Å². The van der Waals surface area contributed by atoms with Gasteiger partial charge in [-0.15, -0.1) is 11.3 Å². The van der Waals surface area contributed by atoms with Crippen molar-refractivity contribution >= 4 is 28.9 Å². The van der Waals surface area contributed by atoms with Crippen LogP contribution in [0.5, 0.6) is 0 Å². The molecule has 0 aliphatic heterocycles. The molecule has 0 bridgehead atoms. The van der Waals surface area contributed by atoms with Gasteiger partial charge in [-0.2, -0.15) is 5.26 Å². The lowest BCUT2D eigenvalue weighted by Gasteiger charge is -2.19. The van der Waals surface area contributed by atoms with Crippen molar-refractivity contribution in [2.24, 2.45) is 5.92 Å². The lowest BCUT2D eigenvalue weighted by Crippen LogP contribution is -2.20. The fourth-order valence-corrected chi connectivity index (χ4v) is 4.35. The number of ether oxygens (including phenoxy) is 1. The maximum absolute atomic E-state index is 12.3. The van der Waals surface area contributed by atoms with Gasteiger partial charge in [0.25, 0.3) is 5.91 Å². The summed E-state index contributed by atoms with van der Waals surface area (Å²) >= 11 is 1.49. The molecular formula is C21H22N2O3S. The maximum Gasteiger partial charge on any atom is 0.348 e. The average Bonchev–Trinajstić information content (AvgIpc) is 3.11. The number of benzene rings is 1. The smallest absolute Gasteiger partial charge is 0.348 e. The van der Waals surface area contributed by atoms with Crippen LogP contribution in [0.4, 0.5) is 5.69 Å². The summed E-state index contributed by atoms with van der Waals surface area (Å²) in [5.41, 5.74) is 2.75. The van der Waals surface area contributed by atoms with E-state index in [-0.39, 0.29) is 12.5 Å². The number of aryl methyl sites for hydroxylation is 1. The number of anilines is 1. The fourth-order valence-electron chi connectivity index (χ4n) is 3.24. The molecule has 1 aromatic carbocycles. The van der Waals surface area contributed by atoms with Gasteiger partial charge >= 0.3 is 5.97 Å². The minimum absolute atomic E-state index is 0.321. The Bertz CT molecular complexity index is 865. The molecule has 1 aromatic heterocycles. The van der Waals surface area contributed by atoms with Crippen LogP contribution in [0.3, 0.4) is 0 Å². The minimum Gasteiger partial charge on any atom is -0.451 e. The van der Waals surface area contributed by atoms with E-state index in [4.69, 9.17) is 10.00 Å². The number of hydrogen-bond donors (Lipinski definition) is 1. The number of carbonyl (C=O) groups excluding carboxylic acids is 2. The Morgan fingerprint density at radius 1 is 1.33 bits per heavy atom. The van der Waals surface area contributed by atoms with Crippen molar-refractivity contribution < 1.29 is 14.3 Å². The number of rotatable bonds is 6. The van der Waals surface area contributed by atoms with Crippen molar-refractivity contribution in [2.45, 2.75) is 39.0 Å². The molecule has 0 fully saturated rings. The van der Waals surface area contributed by atoms with Gasteiger partial charge in [0.05, 0.1) is 12.5 Å². The molecule has 1 aliphatic rings. The van der Waals surface area contributed by atoms with Gasteiger partial charge in [-0.3, -0.25) is 4.79 Å². The highest BCUT2D eigenvalue weighted by atomic mass is 32.1. The molecule has 1 N–H and O–H groups in total. The first-order chi connectivity index (χ1) is 13.1. The molecule has 1 heterocycles. The summed E-state index contributed by atoms with van der Waals surface area (Å²) in [5.74, 6) is -0.132. The molecule has 0 unspecified atom stereocenters. The van der Waals surface area contributed by atoms with E-state index >= 15 is 0 Å². The number of esters is 1. The van der Waals surface area contributed by atoms with Crippen molar-refractivity contribution in [2.75, 3.05) is 11.9 Å². The van der Waals surface area contributed by atoms with Gasteiger partial charge in [-0.1, -0.05) is 25.5 Å². The third kappa shape index (κ3) is 4.95. The van der Waals surface area contributed by atoms with Crippen LogP contribution in [0.25, 0.3) is 0 Å². The van der Waals surface area contributed by atoms with Gasteiger partial charge < -0.3 is 10.1 Å². The molecule has 2 aromatic rings. The van der Waals surface area contributed by atoms with E-state index in [0.29, 0.717) is 22.9 Å². The molecule has 0 spiro atoms. The summed E-state index contributed by atoms with van der Waals surface area (Å²) in [6.45, 7) is 1.88. The Morgan fingerprint density at radius 3 is 2.81 bits per heavy atom. The molecule has 27 heavy (non-hydrogen) atoms. The van der Waals surface area contributed by atoms with Gasteiger partial charge in [0.1, 0.15) is 4.88 Å². The number of hydrogen-bond acceptors (Lipinski definition) is 5. The van der Waals surface area contributed by atoms with E-state index in [9.17, 15) is 9.59 Å². The molecule has 5 nitrogen and oxygen atoms in total. The predicted molar refractivity (Wildman–Crippen MR) is 105 cm³/mol. The summed E-state index contributed by atoms with van der Waals surface area (Å²) in [6, 6.07) is 11.0. The first-order valence-electron chi connectivity index (χ1n) is 9.13. The topological polar surface area (TPSA) is 79.2 Å². The van der Waals surface area contributed by atoms with Crippen LogP contribution in [0.1, 0.15) is 45.4 Å². The third-order valence-electron chi connectivity index (χ3n) is 4.82. The lowest BCUT2D eigenvalue weighted by molar-refractivity contribution is -0.119. The molecule has 0 radical (unpaired) electrons. The van der Waals surface area contributed by atoms with E-state index in [1.54, 1.807) is 24.3 Å². The third-order valence-corrected chi connectivity index (χ3v) is 6.04. The first kappa shape index (κ1) is 19.1. The van der Waals surface area contributed by atoms with Crippen LogP contribution in [-0.4, -0.2) is 18.5 Å². The molecule has 0 saturated carbocycles. The van der Waals surface area contributed by atoms with Crippen LogP contribution >= 0.6 is 11.3 Å². The zero-order valence-electron chi connectivity index (χ0n) is 15.3. The summed E-state index contributed by atoms with van der Waals surface area (Å²) in [5, 5.41) is 11.3. The Balaban J connectivity index is 1.51. The molecule has 6 heteroatoms. The standard InChI is InChI=1S/C21H22N2O3S/c1-2-14-5-8-18-16(11-14)12-19(27-18)21(25)26-13-20(24)23-17-6-3-15(4-7-17)9-10-22/h3-4,6-7,12,14H,2,5,8-9,11,13H2,1H3,(H,23,24)/t14-/m0/s1. The second kappa shape index (κ2) is 8.83. The van der Waals surface area contributed by atoms with Crippen molar-refractivity contribution in [3.05, 3.63) is 51.2 Å². The molecule has 1 atom stereocenters. The molecular weight excluding hydrogens is 360 g/mol. The van der Waals surface area contributed by atoms with Gasteiger partial charge in [0, 0.05) is 10.6 Å². The van der Waals surface area contributed by atoms with Gasteiger partial charge in [-0.05, 0) is 54.5 Å². The van der Waals surface area contributed by atoms with Gasteiger partial charge in [-0.25, -0.2) is 4.79 Å². The van der Waals surface area contributed by atoms with E-state index in [1.807, 2.05) is 6.07 Å². The van der Waals surface area contributed by atoms with E-state index in [2.05, 4.69) is 18.3 Å². The number of carbonyl (C=O) groups is 2. The normalized spacial score (nSPS) is 15.5. The Hall–Kier alpha value is -2.65. The van der Waals surface area contributed by atoms with Crippen molar-refractivity contribution in [3.63, 3.8) is 0 Å². The summed E-state index contributed by atoms with van der Waals surface area (Å²) in [4.78, 5) is 26.1. The van der Waals surface area contributed by atoms with Crippen LogP contribution in [0.15, 0.2) is 30.3 Å². The number of nitrogens with zero attached hydrogens (tertiary/aromatic N) is 1. The zero-order valence-corrected chi connectivity index (χ0v) is 16.1. The number of nitriles is 1. The Morgan fingerprint density at radius 2 is 2.11 bits per heavy atom. The second-order valence-corrected chi connectivity index (χ2v) is 7.87. The van der Waals surface area contributed by atoms with Crippen LogP contribution < -0.4 is 5.32 Å². The molecule has 140 valence electrons. The van der Waals surface area contributed by atoms with Gasteiger partial charge in [0.2, 0.25) is 0 Å². The summed E-state index contributed by atoms with van der Waals surface area (Å²) in [7, 11) is 0. The fraction of sp³-hybridized carbons (Fsp3) is 0.381. The van der Waals surface area contributed by atoms with E-state index in [0.717, 1.165) is 24.8 Å². The van der Waals surface area contributed by atoms with Crippen LogP contribution in [0, 0.1) is 17.2 Å². The second-order valence-electron chi connectivity index (χ2n) is 6.73. The summed E-state index contributed by atoms with van der Waals surface area (Å²) < 4.78 is 5.17. The van der Waals surface area contributed by atoms with Crippen molar-refractivity contribution in [1.29, 1.82) is 5.26 Å². The SMILES string of the molecule is CC[C@H]1CCc2sc(C(=O)OCC(=O)Nc3ccc(CC#N)cc3)cc2C1. The highest BCUT2D eigenvalue weighted by Gasteiger charge is 2.23. The van der Waals surface area contributed by atoms with Crippen LogP contribution in [-0.2, 0) is 28.8 Å². The van der Waals surface area contributed by atoms with E-state index in [1.165, 1.54) is 28.2 Å². The average molecular weight is 382 g/mol. The number of fused-ring (bicyclic) bond motifs is 1. The molecule has 0 saturated heterocycles. The predicted octanol–water partition coefficient (Wildman–Crippen LogP) is 4.12. The first-order valence-corrected chi connectivity index (χ1v) is 9.95. The maximum atomic E-state index is 12.3. The molecule has 1 aliphatic carbocycles. The summed E-state index contributed by atoms with van der Waals surface area (Å²) in [6.07, 6.45) is 4.71. The molecule has 3 rings (SSSR count). The lowest BCUT2D eigenvalue weighted by atomic mass is 9.87. The largest absolute Gasteiger partial charge is 0.451 e. The zero-order chi connectivity index (χ0) is 19.2. The van der Waals surface area contributed by atoms with Crippen molar-refractivity contribution in [3.8, 4) is 6.07 Å².